The molecule has 26 heavy (non-hydrogen) atoms. The molecule has 1 fully saturated rings. The van der Waals surface area contributed by atoms with Crippen LogP contribution in [0, 0.1) is 6.92 Å². The smallest absolute Gasteiger partial charge is 0.253 e. The molecule has 1 heterocycles. The minimum atomic E-state index is -0.0321. The summed E-state index contributed by atoms with van der Waals surface area (Å²) in [4.78, 5) is 12.8. The summed E-state index contributed by atoms with van der Waals surface area (Å²) in [6, 6.07) is 14.1. The fraction of sp³-hybridized carbons (Fsp3) is 0.333. The molecule has 0 atom stereocenters. The Morgan fingerprint density at radius 3 is 2.69 bits per heavy atom. The first-order valence-electron chi connectivity index (χ1n) is 9.15. The van der Waals surface area contributed by atoms with Crippen LogP contribution in [-0.2, 0) is 0 Å². The van der Waals surface area contributed by atoms with Gasteiger partial charge >= 0.3 is 0 Å². The predicted octanol–water partition coefficient (Wildman–Crippen LogP) is 3.99. The molecule has 5 nitrogen and oxygen atoms in total. The fourth-order valence-corrected chi connectivity index (χ4v) is 3.67. The molecule has 1 aliphatic rings. The number of benzene rings is 2. The average Bonchev–Trinajstić information content (AvgIpc) is 3.11. The van der Waals surface area contributed by atoms with E-state index in [0.29, 0.717) is 5.56 Å². The number of amides is 1. The lowest BCUT2D eigenvalue weighted by Gasteiger charge is -2.29. The number of aromatic nitrogens is 2. The predicted molar refractivity (Wildman–Crippen MR) is 101 cm³/mol. The van der Waals surface area contributed by atoms with E-state index in [4.69, 9.17) is 4.74 Å². The molecule has 2 N–H and O–H groups in total. The summed E-state index contributed by atoms with van der Waals surface area (Å²) >= 11 is 0. The van der Waals surface area contributed by atoms with Crippen LogP contribution in [0.4, 0.5) is 0 Å². The number of aryl methyl sites for hydroxylation is 1. The number of carbonyl (C=O) groups is 1. The van der Waals surface area contributed by atoms with Gasteiger partial charge in [-0.3, -0.25) is 9.89 Å². The second kappa shape index (κ2) is 7.20. The molecule has 5 heteroatoms. The van der Waals surface area contributed by atoms with Crippen molar-refractivity contribution in [3.8, 4) is 5.75 Å². The van der Waals surface area contributed by atoms with Gasteiger partial charge in [-0.1, -0.05) is 18.2 Å². The van der Waals surface area contributed by atoms with E-state index in [2.05, 4.69) is 15.5 Å². The molecule has 0 saturated heterocycles. The maximum Gasteiger partial charge on any atom is 0.253 e. The number of rotatable bonds is 4. The van der Waals surface area contributed by atoms with Gasteiger partial charge in [-0.25, -0.2) is 0 Å². The van der Waals surface area contributed by atoms with Crippen LogP contribution in [0.2, 0.25) is 0 Å². The lowest BCUT2D eigenvalue weighted by atomic mass is 9.92. The van der Waals surface area contributed by atoms with E-state index in [1.807, 2.05) is 49.4 Å². The Morgan fingerprint density at radius 2 is 1.92 bits per heavy atom. The van der Waals surface area contributed by atoms with Crippen molar-refractivity contribution >= 4 is 16.8 Å². The van der Waals surface area contributed by atoms with E-state index in [9.17, 15) is 4.79 Å². The van der Waals surface area contributed by atoms with Gasteiger partial charge in [-0.05, 0) is 62.4 Å². The Kier molecular flexibility index (Phi) is 4.61. The molecule has 0 bridgehead atoms. The molecular weight excluding hydrogens is 326 g/mol. The third kappa shape index (κ3) is 3.57. The minimum absolute atomic E-state index is 0.0321. The molecule has 2 aromatic carbocycles. The van der Waals surface area contributed by atoms with Crippen molar-refractivity contribution in [2.75, 3.05) is 0 Å². The number of para-hydroxylation sites is 1. The van der Waals surface area contributed by atoms with Crippen LogP contribution in [-0.4, -0.2) is 28.3 Å². The van der Waals surface area contributed by atoms with Gasteiger partial charge < -0.3 is 10.1 Å². The lowest BCUT2D eigenvalue weighted by molar-refractivity contribution is 0.0895. The first-order chi connectivity index (χ1) is 12.7. The molecule has 1 aromatic heterocycles. The molecular formula is C21H23N3O2. The molecule has 0 unspecified atom stereocenters. The van der Waals surface area contributed by atoms with Crippen LogP contribution < -0.4 is 10.1 Å². The van der Waals surface area contributed by atoms with E-state index in [-0.39, 0.29) is 18.1 Å². The molecule has 1 aliphatic carbocycles. The zero-order chi connectivity index (χ0) is 17.9. The van der Waals surface area contributed by atoms with E-state index in [0.717, 1.165) is 47.9 Å². The van der Waals surface area contributed by atoms with Crippen LogP contribution in [0.15, 0.2) is 48.7 Å². The molecule has 3 aromatic rings. The summed E-state index contributed by atoms with van der Waals surface area (Å²) in [6.07, 6.45) is 5.75. The van der Waals surface area contributed by atoms with Gasteiger partial charge in [0.15, 0.2) is 0 Å². The number of fused-ring (bicyclic) bond motifs is 1. The zero-order valence-corrected chi connectivity index (χ0v) is 14.9. The van der Waals surface area contributed by atoms with Crippen molar-refractivity contribution in [1.29, 1.82) is 0 Å². The second-order valence-electron chi connectivity index (χ2n) is 7.02. The Balaban J connectivity index is 1.36. The topological polar surface area (TPSA) is 67.0 Å². The summed E-state index contributed by atoms with van der Waals surface area (Å²) in [7, 11) is 0. The molecule has 0 spiro atoms. The van der Waals surface area contributed by atoms with Crippen molar-refractivity contribution in [1.82, 2.24) is 15.5 Å². The standard InChI is InChI=1S/C21H23N3O2/c1-14-11-15-13-22-24-20(15)19(12-14)21(25)23-16-7-9-18(10-8-16)26-17-5-3-2-4-6-17/h2-6,11-13,16,18H,7-10H2,1H3,(H,22,24)(H,23,25). The summed E-state index contributed by atoms with van der Waals surface area (Å²) in [5.41, 5.74) is 2.53. The third-order valence-corrected chi connectivity index (χ3v) is 4.99. The fourth-order valence-electron chi connectivity index (χ4n) is 3.67. The van der Waals surface area contributed by atoms with Crippen LogP contribution in [0.1, 0.15) is 41.6 Å². The van der Waals surface area contributed by atoms with Crippen LogP contribution >= 0.6 is 0 Å². The third-order valence-electron chi connectivity index (χ3n) is 4.99. The van der Waals surface area contributed by atoms with Crippen molar-refractivity contribution in [3.63, 3.8) is 0 Å². The molecule has 0 aliphatic heterocycles. The highest BCUT2D eigenvalue weighted by Gasteiger charge is 2.24. The highest BCUT2D eigenvalue weighted by molar-refractivity contribution is 6.05. The van der Waals surface area contributed by atoms with Gasteiger partial charge in [0.25, 0.3) is 5.91 Å². The van der Waals surface area contributed by atoms with E-state index < -0.39 is 0 Å². The van der Waals surface area contributed by atoms with Crippen LogP contribution in [0.5, 0.6) is 5.75 Å². The highest BCUT2D eigenvalue weighted by Crippen LogP contribution is 2.25. The maximum absolute atomic E-state index is 12.8. The Hall–Kier alpha value is -2.82. The monoisotopic (exact) mass is 349 g/mol. The largest absolute Gasteiger partial charge is 0.490 e. The minimum Gasteiger partial charge on any atom is -0.490 e. The van der Waals surface area contributed by atoms with Crippen LogP contribution in [0.3, 0.4) is 0 Å². The van der Waals surface area contributed by atoms with Crippen molar-refractivity contribution in [2.24, 2.45) is 0 Å². The number of ether oxygens (including phenoxy) is 1. The van der Waals surface area contributed by atoms with Gasteiger partial charge in [0.05, 0.1) is 23.4 Å². The second-order valence-corrected chi connectivity index (χ2v) is 7.02. The van der Waals surface area contributed by atoms with E-state index >= 15 is 0 Å². The van der Waals surface area contributed by atoms with E-state index in [1.54, 1.807) is 6.20 Å². The Labute approximate surface area is 152 Å². The first kappa shape index (κ1) is 16.6. The summed E-state index contributed by atoms with van der Waals surface area (Å²) in [5.74, 6) is 0.886. The molecule has 0 radical (unpaired) electrons. The zero-order valence-electron chi connectivity index (χ0n) is 14.9. The van der Waals surface area contributed by atoms with Crippen molar-refractivity contribution < 1.29 is 9.53 Å². The summed E-state index contributed by atoms with van der Waals surface area (Å²) in [6.45, 7) is 2.00. The molecule has 4 rings (SSSR count). The number of H-pyrrole nitrogens is 1. The van der Waals surface area contributed by atoms with Gasteiger partial charge in [0.1, 0.15) is 5.75 Å². The van der Waals surface area contributed by atoms with Gasteiger partial charge in [0, 0.05) is 11.4 Å². The average molecular weight is 349 g/mol. The normalized spacial score (nSPS) is 20.0. The summed E-state index contributed by atoms with van der Waals surface area (Å²) in [5, 5.41) is 11.2. The highest BCUT2D eigenvalue weighted by atomic mass is 16.5. The number of nitrogens with one attached hydrogen (secondary N) is 2. The number of nitrogens with zero attached hydrogens (tertiary/aromatic N) is 1. The van der Waals surface area contributed by atoms with Gasteiger partial charge in [-0.15, -0.1) is 0 Å². The number of hydrogen-bond acceptors (Lipinski definition) is 3. The maximum atomic E-state index is 12.8. The van der Waals surface area contributed by atoms with Gasteiger partial charge in [-0.2, -0.15) is 5.10 Å². The quantitative estimate of drug-likeness (QED) is 0.748. The van der Waals surface area contributed by atoms with Crippen molar-refractivity contribution in [2.45, 2.75) is 44.8 Å². The Morgan fingerprint density at radius 1 is 1.15 bits per heavy atom. The first-order valence-corrected chi connectivity index (χ1v) is 9.15. The van der Waals surface area contributed by atoms with Crippen molar-refractivity contribution in [3.05, 3.63) is 59.8 Å². The molecule has 134 valence electrons. The summed E-state index contributed by atoms with van der Waals surface area (Å²) < 4.78 is 6.03. The SMILES string of the molecule is Cc1cc(C(=O)NC2CCC(Oc3ccccc3)CC2)c2[nH]ncc2c1. The molecule has 1 saturated carbocycles. The van der Waals surface area contributed by atoms with E-state index in [1.165, 1.54) is 0 Å². The number of carbonyl (C=O) groups excluding carboxylic acids is 1. The number of aromatic amines is 1. The molecule has 1 amide bonds. The Bertz CT molecular complexity index is 896. The number of hydrogen-bond donors (Lipinski definition) is 2. The lowest BCUT2D eigenvalue weighted by Crippen LogP contribution is -2.39. The van der Waals surface area contributed by atoms with Gasteiger partial charge in [0.2, 0.25) is 0 Å². The van der Waals surface area contributed by atoms with Crippen LogP contribution in [0.25, 0.3) is 10.9 Å².